The second kappa shape index (κ2) is 6.64. The average molecular weight is 283 g/mol. The van der Waals surface area contributed by atoms with E-state index in [1.165, 1.54) is 18.2 Å². The number of hydrogen-bond acceptors (Lipinski definition) is 3. The quantitative estimate of drug-likeness (QED) is 0.829. The van der Waals surface area contributed by atoms with Crippen LogP contribution in [0.25, 0.3) is 0 Å². The molecule has 1 aromatic carbocycles. The number of halogens is 1. The van der Waals surface area contributed by atoms with Gasteiger partial charge in [-0.1, -0.05) is 11.8 Å². The monoisotopic (exact) mass is 283 g/mol. The molecule has 2 aromatic rings. The van der Waals surface area contributed by atoms with E-state index in [9.17, 15) is 9.18 Å². The summed E-state index contributed by atoms with van der Waals surface area (Å²) in [5.74, 6) is 4.49. The van der Waals surface area contributed by atoms with Gasteiger partial charge in [-0.05, 0) is 37.3 Å². The molecule has 0 fully saturated rings. The first-order valence-electron chi connectivity index (χ1n) is 6.32. The van der Waals surface area contributed by atoms with Crippen LogP contribution < -0.4 is 11.1 Å². The summed E-state index contributed by atoms with van der Waals surface area (Å²) in [6.45, 7) is 1.99. The lowest BCUT2D eigenvalue weighted by Crippen LogP contribution is -2.14. The van der Waals surface area contributed by atoms with Crippen LogP contribution in [0.5, 0.6) is 0 Å². The van der Waals surface area contributed by atoms with Crippen molar-refractivity contribution in [1.82, 2.24) is 4.98 Å². The molecule has 0 aliphatic rings. The standard InChI is InChI=1S/C16H14FN3O/c1-11-4-6-14(10-19-11)20-16(21)15-7-5-13(17)9-12(15)3-2-8-18/h4-7,9-10H,8,18H2,1H3,(H,20,21). The van der Waals surface area contributed by atoms with Crippen molar-refractivity contribution >= 4 is 11.6 Å². The number of carbonyl (C=O) groups excluding carboxylic acids is 1. The number of hydrogen-bond donors (Lipinski definition) is 2. The summed E-state index contributed by atoms with van der Waals surface area (Å²) in [6, 6.07) is 7.36. The van der Waals surface area contributed by atoms with Crippen molar-refractivity contribution in [3.8, 4) is 11.8 Å². The maximum Gasteiger partial charge on any atom is 0.256 e. The van der Waals surface area contributed by atoms with E-state index in [1.807, 2.05) is 6.92 Å². The minimum absolute atomic E-state index is 0.138. The molecule has 21 heavy (non-hydrogen) atoms. The number of pyridine rings is 1. The second-order valence-electron chi connectivity index (χ2n) is 4.34. The Bertz CT molecular complexity index is 715. The molecule has 4 nitrogen and oxygen atoms in total. The molecule has 0 radical (unpaired) electrons. The molecule has 0 saturated heterocycles. The highest BCUT2D eigenvalue weighted by Crippen LogP contribution is 2.13. The fraction of sp³-hybridized carbons (Fsp3) is 0.125. The highest BCUT2D eigenvalue weighted by molar-refractivity contribution is 6.05. The predicted molar refractivity (Wildman–Crippen MR) is 79.3 cm³/mol. The zero-order chi connectivity index (χ0) is 15.2. The molecule has 1 heterocycles. The third-order valence-corrected chi connectivity index (χ3v) is 2.72. The van der Waals surface area contributed by atoms with Crippen LogP contribution in [-0.2, 0) is 0 Å². The number of amides is 1. The largest absolute Gasteiger partial charge is 0.321 e. The van der Waals surface area contributed by atoms with Crippen molar-refractivity contribution in [2.75, 3.05) is 11.9 Å². The van der Waals surface area contributed by atoms with Crippen LogP contribution in [0.1, 0.15) is 21.6 Å². The predicted octanol–water partition coefficient (Wildman–Crippen LogP) is 2.09. The summed E-state index contributed by atoms with van der Waals surface area (Å²) in [6.07, 6.45) is 1.56. The summed E-state index contributed by atoms with van der Waals surface area (Å²) in [4.78, 5) is 16.3. The summed E-state index contributed by atoms with van der Waals surface area (Å²) in [5.41, 5.74) is 7.31. The molecule has 0 aliphatic carbocycles. The van der Waals surface area contributed by atoms with Crippen LogP contribution in [0.15, 0.2) is 36.5 Å². The molecule has 106 valence electrons. The molecule has 2 rings (SSSR count). The molecule has 5 heteroatoms. The van der Waals surface area contributed by atoms with Crippen molar-refractivity contribution < 1.29 is 9.18 Å². The first-order valence-corrected chi connectivity index (χ1v) is 6.32. The van der Waals surface area contributed by atoms with Crippen LogP contribution in [0.3, 0.4) is 0 Å². The van der Waals surface area contributed by atoms with Crippen molar-refractivity contribution in [2.24, 2.45) is 5.73 Å². The molecule has 0 spiro atoms. The van der Waals surface area contributed by atoms with Crippen LogP contribution in [0.4, 0.5) is 10.1 Å². The van der Waals surface area contributed by atoms with Gasteiger partial charge in [-0.15, -0.1) is 0 Å². The lowest BCUT2D eigenvalue weighted by molar-refractivity contribution is 0.102. The average Bonchev–Trinajstić information content (AvgIpc) is 2.47. The van der Waals surface area contributed by atoms with E-state index in [4.69, 9.17) is 5.73 Å². The number of anilines is 1. The SMILES string of the molecule is Cc1ccc(NC(=O)c2ccc(F)cc2C#CCN)cn1. The van der Waals surface area contributed by atoms with E-state index in [-0.39, 0.29) is 18.0 Å². The maximum absolute atomic E-state index is 13.3. The van der Waals surface area contributed by atoms with Crippen LogP contribution in [0, 0.1) is 24.6 Å². The van der Waals surface area contributed by atoms with Gasteiger partial charge < -0.3 is 11.1 Å². The lowest BCUT2D eigenvalue weighted by Gasteiger charge is -2.07. The number of benzene rings is 1. The highest BCUT2D eigenvalue weighted by Gasteiger charge is 2.11. The number of nitrogens with zero attached hydrogens (tertiary/aromatic N) is 1. The molecular formula is C16H14FN3O. The molecule has 0 saturated carbocycles. The molecule has 1 amide bonds. The maximum atomic E-state index is 13.3. The highest BCUT2D eigenvalue weighted by atomic mass is 19.1. The van der Waals surface area contributed by atoms with Crippen molar-refractivity contribution in [3.05, 3.63) is 59.2 Å². The number of aryl methyl sites for hydroxylation is 1. The van der Waals surface area contributed by atoms with Crippen molar-refractivity contribution in [3.63, 3.8) is 0 Å². The van der Waals surface area contributed by atoms with Gasteiger partial charge in [-0.2, -0.15) is 0 Å². The fourth-order valence-corrected chi connectivity index (χ4v) is 1.70. The number of nitrogens with one attached hydrogen (secondary N) is 1. The van der Waals surface area contributed by atoms with Crippen LogP contribution in [-0.4, -0.2) is 17.4 Å². The van der Waals surface area contributed by atoms with Gasteiger partial charge in [0.1, 0.15) is 5.82 Å². The van der Waals surface area contributed by atoms with E-state index >= 15 is 0 Å². The number of nitrogens with two attached hydrogens (primary N) is 1. The van der Waals surface area contributed by atoms with Gasteiger partial charge in [0.2, 0.25) is 0 Å². The molecule has 0 atom stereocenters. The first-order chi connectivity index (χ1) is 10.1. The molecule has 0 bridgehead atoms. The van der Waals surface area contributed by atoms with Gasteiger partial charge in [0, 0.05) is 11.3 Å². The summed E-state index contributed by atoms with van der Waals surface area (Å²) >= 11 is 0. The number of aromatic nitrogens is 1. The Labute approximate surface area is 122 Å². The fourth-order valence-electron chi connectivity index (χ4n) is 1.70. The molecule has 1 aromatic heterocycles. The Morgan fingerprint density at radius 2 is 2.19 bits per heavy atom. The minimum atomic E-state index is -0.454. The van der Waals surface area contributed by atoms with Crippen molar-refractivity contribution in [2.45, 2.75) is 6.92 Å². The third kappa shape index (κ3) is 3.88. The second-order valence-corrected chi connectivity index (χ2v) is 4.34. The molecular weight excluding hydrogens is 269 g/mol. The Kier molecular flexibility index (Phi) is 4.64. The smallest absolute Gasteiger partial charge is 0.256 e. The normalized spacial score (nSPS) is 9.67. The van der Waals surface area contributed by atoms with Gasteiger partial charge in [-0.3, -0.25) is 9.78 Å². The Morgan fingerprint density at radius 1 is 1.38 bits per heavy atom. The number of rotatable bonds is 2. The minimum Gasteiger partial charge on any atom is -0.321 e. The Morgan fingerprint density at radius 3 is 2.86 bits per heavy atom. The zero-order valence-electron chi connectivity index (χ0n) is 11.5. The van der Waals surface area contributed by atoms with Gasteiger partial charge in [0.05, 0.1) is 24.0 Å². The van der Waals surface area contributed by atoms with Crippen molar-refractivity contribution in [1.29, 1.82) is 0 Å². The topological polar surface area (TPSA) is 68.0 Å². The molecule has 0 unspecified atom stereocenters. The van der Waals surface area contributed by atoms with E-state index in [1.54, 1.807) is 18.3 Å². The van der Waals surface area contributed by atoms with E-state index in [0.717, 1.165) is 5.69 Å². The van der Waals surface area contributed by atoms with Crippen LogP contribution in [0.2, 0.25) is 0 Å². The summed E-state index contributed by atoms with van der Waals surface area (Å²) in [5, 5.41) is 2.70. The Hall–Kier alpha value is -2.71. The van der Waals surface area contributed by atoms with Gasteiger partial charge in [-0.25, -0.2) is 4.39 Å². The van der Waals surface area contributed by atoms with Gasteiger partial charge >= 0.3 is 0 Å². The first kappa shape index (κ1) is 14.7. The summed E-state index contributed by atoms with van der Waals surface area (Å²) in [7, 11) is 0. The van der Waals surface area contributed by atoms with Crippen LogP contribution >= 0.6 is 0 Å². The Balaban J connectivity index is 2.28. The third-order valence-electron chi connectivity index (χ3n) is 2.72. The van der Waals surface area contributed by atoms with Gasteiger partial charge in [0.15, 0.2) is 0 Å². The van der Waals surface area contributed by atoms with E-state index in [0.29, 0.717) is 11.3 Å². The molecule has 0 aliphatic heterocycles. The van der Waals surface area contributed by atoms with E-state index < -0.39 is 5.82 Å². The lowest BCUT2D eigenvalue weighted by atomic mass is 10.1. The number of carbonyl (C=O) groups is 1. The van der Waals surface area contributed by atoms with Gasteiger partial charge in [0.25, 0.3) is 5.91 Å². The summed E-state index contributed by atoms with van der Waals surface area (Å²) < 4.78 is 13.3. The molecule has 3 N–H and O–H groups in total. The van der Waals surface area contributed by atoms with E-state index in [2.05, 4.69) is 22.1 Å². The zero-order valence-corrected chi connectivity index (χ0v) is 11.5.